The average Bonchev–Trinajstić information content (AvgIpc) is 3.61. The fourth-order valence-corrected chi connectivity index (χ4v) is 7.78. The van der Waals surface area contributed by atoms with E-state index in [1.165, 1.54) is 60.8 Å². The average molecular weight is 746 g/mol. The number of aromatic nitrogens is 3. The van der Waals surface area contributed by atoms with Gasteiger partial charge in [0.2, 0.25) is 0 Å². The highest BCUT2D eigenvalue weighted by Gasteiger charge is 2.16. The van der Waals surface area contributed by atoms with Gasteiger partial charge in [0, 0.05) is 33.2 Å². The van der Waals surface area contributed by atoms with Crippen LogP contribution in [0.2, 0.25) is 0 Å². The predicted octanol–water partition coefficient (Wildman–Crippen LogP) is 14.5. The second-order valence-electron chi connectivity index (χ2n) is 14.8. The SMILES string of the molecule is Cc1ccccc1.Cc1ccccc1-c1cc(-c2ccc3c4ccccc4n(-c4ccc(-c5cc(-c6ccccc6)nc(-c6ccccc6)n5)cc4)c3c2)ccc1C. The summed E-state index contributed by atoms with van der Waals surface area (Å²) in [6, 6.07) is 72.7. The smallest absolute Gasteiger partial charge is 0.160 e. The van der Waals surface area contributed by atoms with Crippen molar-refractivity contribution in [3.05, 3.63) is 223 Å². The summed E-state index contributed by atoms with van der Waals surface area (Å²) in [6.45, 7) is 6.47. The lowest BCUT2D eigenvalue weighted by Crippen LogP contribution is -1.97. The Morgan fingerprint density at radius 2 is 0.862 bits per heavy atom. The van der Waals surface area contributed by atoms with Crippen molar-refractivity contribution in [2.45, 2.75) is 20.8 Å². The molecule has 0 saturated carbocycles. The molecule has 0 bridgehead atoms. The molecule has 0 spiro atoms. The molecule has 10 aromatic rings. The summed E-state index contributed by atoms with van der Waals surface area (Å²) in [5.41, 5.74) is 17.2. The van der Waals surface area contributed by atoms with E-state index in [0.717, 1.165) is 33.8 Å². The highest BCUT2D eigenvalue weighted by Crippen LogP contribution is 2.37. The highest BCUT2D eigenvalue weighted by molar-refractivity contribution is 6.10. The molecule has 0 saturated heterocycles. The lowest BCUT2D eigenvalue weighted by molar-refractivity contribution is 1.17. The van der Waals surface area contributed by atoms with Crippen LogP contribution >= 0.6 is 0 Å². The Bertz CT molecular complexity index is 2940. The molecular weight excluding hydrogens is 703 g/mol. The zero-order chi connectivity index (χ0) is 39.4. The zero-order valence-corrected chi connectivity index (χ0v) is 33.0. The molecule has 0 aliphatic carbocycles. The van der Waals surface area contributed by atoms with Crippen LogP contribution in [-0.2, 0) is 0 Å². The number of aryl methyl sites for hydroxylation is 3. The van der Waals surface area contributed by atoms with E-state index in [4.69, 9.17) is 9.97 Å². The van der Waals surface area contributed by atoms with E-state index in [1.54, 1.807) is 0 Å². The molecule has 3 heteroatoms. The third-order valence-electron chi connectivity index (χ3n) is 10.9. The standard InChI is InChI=1S/C48H35N3.C7H8/c1-32-13-9-10-18-40(32)43-29-37(22-21-33(43)2)38-25-28-42-41-19-11-12-20-46(41)51(47(42)30-38)39-26-23-35(24-27-39)45-31-44(34-14-5-3-6-15-34)49-48(50-45)36-16-7-4-8-17-36;1-7-5-3-2-4-6-7/h3-31H,1-2H3;2-6H,1H3. The van der Waals surface area contributed by atoms with Gasteiger partial charge in [-0.15, -0.1) is 0 Å². The number of benzene rings is 8. The highest BCUT2D eigenvalue weighted by atomic mass is 15.0. The van der Waals surface area contributed by atoms with Gasteiger partial charge in [-0.1, -0.05) is 175 Å². The van der Waals surface area contributed by atoms with Crippen molar-refractivity contribution >= 4 is 21.8 Å². The van der Waals surface area contributed by atoms with Crippen LogP contribution in [0.3, 0.4) is 0 Å². The van der Waals surface area contributed by atoms with Gasteiger partial charge in [0.25, 0.3) is 0 Å². The molecule has 58 heavy (non-hydrogen) atoms. The van der Waals surface area contributed by atoms with Crippen LogP contribution in [0.5, 0.6) is 0 Å². The molecule has 2 aromatic heterocycles. The second kappa shape index (κ2) is 16.0. The largest absolute Gasteiger partial charge is 0.309 e. The summed E-state index contributed by atoms with van der Waals surface area (Å²) in [5.74, 6) is 0.715. The van der Waals surface area contributed by atoms with Gasteiger partial charge in [-0.3, -0.25) is 0 Å². The Morgan fingerprint density at radius 1 is 0.345 bits per heavy atom. The Morgan fingerprint density at radius 3 is 1.53 bits per heavy atom. The topological polar surface area (TPSA) is 30.7 Å². The fraction of sp³-hybridized carbons (Fsp3) is 0.0545. The van der Waals surface area contributed by atoms with Gasteiger partial charge < -0.3 is 4.57 Å². The minimum absolute atomic E-state index is 0.715. The minimum atomic E-state index is 0.715. The predicted molar refractivity (Wildman–Crippen MR) is 244 cm³/mol. The van der Waals surface area contributed by atoms with Crippen LogP contribution in [0.15, 0.2) is 206 Å². The summed E-state index contributed by atoms with van der Waals surface area (Å²) in [5, 5.41) is 2.48. The summed E-state index contributed by atoms with van der Waals surface area (Å²) in [7, 11) is 0. The van der Waals surface area contributed by atoms with Crippen LogP contribution in [0.1, 0.15) is 16.7 Å². The Balaban J connectivity index is 0.000000565. The zero-order valence-electron chi connectivity index (χ0n) is 33.0. The Labute approximate surface area is 340 Å². The van der Waals surface area contributed by atoms with Gasteiger partial charge in [0.1, 0.15) is 0 Å². The van der Waals surface area contributed by atoms with E-state index in [2.05, 4.69) is 177 Å². The first-order chi connectivity index (χ1) is 28.5. The molecule has 10 rings (SSSR count). The summed E-state index contributed by atoms with van der Waals surface area (Å²) in [4.78, 5) is 10.0. The molecule has 0 aliphatic rings. The van der Waals surface area contributed by atoms with E-state index in [-0.39, 0.29) is 0 Å². The number of rotatable bonds is 6. The second-order valence-corrected chi connectivity index (χ2v) is 14.8. The quantitative estimate of drug-likeness (QED) is 0.170. The first-order valence-electron chi connectivity index (χ1n) is 19.8. The third kappa shape index (κ3) is 7.34. The molecule has 0 amide bonds. The summed E-state index contributed by atoms with van der Waals surface area (Å²) in [6.07, 6.45) is 0. The number of nitrogens with zero attached hydrogens (tertiary/aromatic N) is 3. The maximum atomic E-state index is 5.06. The first kappa shape index (κ1) is 36.3. The molecular formula is C55H43N3. The lowest BCUT2D eigenvalue weighted by Gasteiger charge is -2.13. The minimum Gasteiger partial charge on any atom is -0.309 e. The first-order valence-corrected chi connectivity index (χ1v) is 19.8. The van der Waals surface area contributed by atoms with Crippen LogP contribution in [0.25, 0.3) is 83.6 Å². The maximum Gasteiger partial charge on any atom is 0.160 e. The molecule has 0 unspecified atom stereocenters. The van der Waals surface area contributed by atoms with Crippen LogP contribution in [-0.4, -0.2) is 14.5 Å². The van der Waals surface area contributed by atoms with Crippen molar-refractivity contribution in [2.24, 2.45) is 0 Å². The third-order valence-corrected chi connectivity index (χ3v) is 10.9. The van der Waals surface area contributed by atoms with Gasteiger partial charge in [-0.2, -0.15) is 0 Å². The molecule has 3 nitrogen and oxygen atoms in total. The van der Waals surface area contributed by atoms with Crippen molar-refractivity contribution in [3.8, 4) is 61.8 Å². The van der Waals surface area contributed by atoms with E-state index in [0.29, 0.717) is 5.82 Å². The molecule has 0 atom stereocenters. The van der Waals surface area contributed by atoms with Crippen LogP contribution in [0.4, 0.5) is 0 Å². The lowest BCUT2D eigenvalue weighted by atomic mass is 9.92. The van der Waals surface area contributed by atoms with Crippen LogP contribution < -0.4 is 0 Å². The van der Waals surface area contributed by atoms with E-state index in [1.807, 2.05) is 54.6 Å². The molecule has 0 N–H and O–H groups in total. The molecule has 0 fully saturated rings. The number of hydrogen-bond acceptors (Lipinski definition) is 2. The molecule has 2 heterocycles. The Kier molecular flexibility index (Phi) is 10.0. The number of hydrogen-bond donors (Lipinski definition) is 0. The number of fused-ring (bicyclic) bond motifs is 3. The van der Waals surface area contributed by atoms with Gasteiger partial charge in [0.15, 0.2) is 5.82 Å². The normalized spacial score (nSPS) is 11.0. The monoisotopic (exact) mass is 745 g/mol. The molecule has 0 radical (unpaired) electrons. The molecule has 0 aliphatic heterocycles. The number of para-hydroxylation sites is 1. The van der Waals surface area contributed by atoms with Crippen molar-refractivity contribution < 1.29 is 0 Å². The molecule has 278 valence electrons. The van der Waals surface area contributed by atoms with E-state index in [9.17, 15) is 0 Å². The van der Waals surface area contributed by atoms with Crippen molar-refractivity contribution in [2.75, 3.05) is 0 Å². The maximum absolute atomic E-state index is 5.06. The van der Waals surface area contributed by atoms with Gasteiger partial charge >= 0.3 is 0 Å². The summed E-state index contributed by atoms with van der Waals surface area (Å²) < 4.78 is 2.39. The van der Waals surface area contributed by atoms with Crippen LogP contribution in [0, 0.1) is 20.8 Å². The van der Waals surface area contributed by atoms with Gasteiger partial charge in [-0.05, 0) is 90.6 Å². The van der Waals surface area contributed by atoms with Gasteiger partial charge in [-0.25, -0.2) is 9.97 Å². The fourth-order valence-electron chi connectivity index (χ4n) is 7.78. The van der Waals surface area contributed by atoms with E-state index < -0.39 is 0 Å². The van der Waals surface area contributed by atoms with E-state index >= 15 is 0 Å². The van der Waals surface area contributed by atoms with Crippen molar-refractivity contribution in [1.82, 2.24) is 14.5 Å². The Hall–Kier alpha value is -7.36. The van der Waals surface area contributed by atoms with Gasteiger partial charge in [0.05, 0.1) is 22.4 Å². The molecule has 8 aromatic carbocycles. The van der Waals surface area contributed by atoms with Crippen molar-refractivity contribution in [1.29, 1.82) is 0 Å². The van der Waals surface area contributed by atoms with Crippen molar-refractivity contribution in [3.63, 3.8) is 0 Å². The summed E-state index contributed by atoms with van der Waals surface area (Å²) >= 11 is 0.